The Morgan fingerprint density at radius 3 is 2.61 bits per heavy atom. The Labute approximate surface area is 102 Å². The normalized spacial score (nSPS) is 9.83. The minimum Gasteiger partial charge on any atom is -0.481 e. The quantitative estimate of drug-likeness (QED) is 0.481. The average molecular weight is 253 g/mol. The summed E-state index contributed by atoms with van der Waals surface area (Å²) < 4.78 is 4.68. The molecular formula is C11H11NO6. The van der Waals surface area contributed by atoms with Crippen LogP contribution < -0.4 is 0 Å². The molecule has 1 rings (SSSR count). The van der Waals surface area contributed by atoms with Crippen LogP contribution in [0, 0.1) is 10.1 Å². The topological polar surface area (TPSA) is 107 Å². The predicted molar refractivity (Wildman–Crippen MR) is 59.9 cm³/mol. The van der Waals surface area contributed by atoms with E-state index in [-0.39, 0.29) is 24.3 Å². The number of carbonyl (C=O) groups is 2. The van der Waals surface area contributed by atoms with Crippen molar-refractivity contribution < 1.29 is 24.4 Å². The van der Waals surface area contributed by atoms with E-state index in [1.165, 1.54) is 25.1 Å². The van der Waals surface area contributed by atoms with E-state index in [2.05, 4.69) is 4.74 Å². The van der Waals surface area contributed by atoms with Crippen LogP contribution in [0.2, 0.25) is 0 Å². The van der Waals surface area contributed by atoms with Gasteiger partial charge in [0, 0.05) is 13.0 Å². The Kier molecular flexibility index (Phi) is 4.36. The molecule has 0 saturated heterocycles. The van der Waals surface area contributed by atoms with E-state index in [0.717, 1.165) is 0 Å². The average Bonchev–Trinajstić information content (AvgIpc) is 2.26. The molecule has 0 aliphatic carbocycles. The van der Waals surface area contributed by atoms with Crippen molar-refractivity contribution in [3.05, 3.63) is 39.4 Å². The molecule has 0 spiro atoms. The molecule has 1 aromatic carbocycles. The van der Waals surface area contributed by atoms with Gasteiger partial charge in [0.05, 0.1) is 16.9 Å². The zero-order chi connectivity index (χ0) is 13.7. The van der Waals surface area contributed by atoms with Crippen LogP contribution in [0.5, 0.6) is 0 Å². The van der Waals surface area contributed by atoms with Crippen LogP contribution in [0.1, 0.15) is 18.1 Å². The molecule has 96 valence electrons. The fourth-order valence-electron chi connectivity index (χ4n) is 1.37. The summed E-state index contributed by atoms with van der Waals surface area (Å²) in [6.45, 7) is 0.990. The Morgan fingerprint density at radius 1 is 1.44 bits per heavy atom. The maximum absolute atomic E-state index is 10.8. The van der Waals surface area contributed by atoms with Crippen LogP contribution in [0.15, 0.2) is 18.2 Å². The van der Waals surface area contributed by atoms with Gasteiger partial charge in [-0.2, -0.15) is 0 Å². The van der Waals surface area contributed by atoms with Crippen LogP contribution in [-0.2, 0) is 27.4 Å². The number of nitro benzene ring substituents is 1. The SMILES string of the molecule is CC(=O)OCc1ccc(CC(=O)O)cc1[N+](=O)[O-]. The molecule has 0 aliphatic heterocycles. The number of hydrogen-bond donors (Lipinski definition) is 1. The van der Waals surface area contributed by atoms with Gasteiger partial charge in [0.15, 0.2) is 0 Å². The van der Waals surface area contributed by atoms with Crippen molar-refractivity contribution in [2.75, 3.05) is 0 Å². The van der Waals surface area contributed by atoms with Crippen LogP contribution in [0.25, 0.3) is 0 Å². The van der Waals surface area contributed by atoms with Gasteiger partial charge in [0.2, 0.25) is 0 Å². The zero-order valence-corrected chi connectivity index (χ0v) is 9.58. The standard InChI is InChI=1S/C11H11NO6/c1-7(13)18-6-9-3-2-8(5-11(14)15)4-10(9)12(16)17/h2-4H,5-6H2,1H3,(H,14,15). The van der Waals surface area contributed by atoms with E-state index in [9.17, 15) is 19.7 Å². The molecule has 0 aromatic heterocycles. The van der Waals surface area contributed by atoms with Gasteiger partial charge in [-0.3, -0.25) is 19.7 Å². The third kappa shape index (κ3) is 3.85. The molecule has 0 atom stereocenters. The molecule has 0 unspecified atom stereocenters. The second-order valence-electron chi connectivity index (χ2n) is 3.57. The first-order valence-electron chi connectivity index (χ1n) is 5.01. The van der Waals surface area contributed by atoms with Crippen molar-refractivity contribution in [1.29, 1.82) is 0 Å². The smallest absolute Gasteiger partial charge is 0.307 e. The van der Waals surface area contributed by atoms with Crippen molar-refractivity contribution in [3.8, 4) is 0 Å². The molecule has 7 heteroatoms. The molecule has 1 N–H and O–H groups in total. The van der Waals surface area contributed by atoms with Crippen molar-refractivity contribution in [2.45, 2.75) is 20.0 Å². The molecule has 0 fully saturated rings. The number of carboxylic acids is 1. The van der Waals surface area contributed by atoms with Gasteiger partial charge in [-0.1, -0.05) is 6.07 Å². The van der Waals surface area contributed by atoms with E-state index in [1.807, 2.05) is 0 Å². The van der Waals surface area contributed by atoms with Gasteiger partial charge in [0.1, 0.15) is 6.61 Å². The summed E-state index contributed by atoms with van der Waals surface area (Å²) in [6.07, 6.45) is -0.297. The zero-order valence-electron chi connectivity index (χ0n) is 9.58. The third-order valence-electron chi connectivity index (χ3n) is 2.13. The molecule has 7 nitrogen and oxygen atoms in total. The number of aliphatic carboxylic acids is 1. The number of carbonyl (C=O) groups excluding carboxylic acids is 1. The van der Waals surface area contributed by atoms with Crippen LogP contribution in [0.4, 0.5) is 5.69 Å². The number of nitro groups is 1. The lowest BCUT2D eigenvalue weighted by Gasteiger charge is -2.05. The summed E-state index contributed by atoms with van der Waals surface area (Å²) in [5.74, 6) is -1.61. The van der Waals surface area contributed by atoms with Gasteiger partial charge in [-0.25, -0.2) is 0 Å². The Hall–Kier alpha value is -2.44. The highest BCUT2D eigenvalue weighted by Crippen LogP contribution is 2.21. The van der Waals surface area contributed by atoms with E-state index in [0.29, 0.717) is 5.56 Å². The number of ether oxygens (including phenoxy) is 1. The van der Waals surface area contributed by atoms with E-state index in [1.54, 1.807) is 0 Å². The van der Waals surface area contributed by atoms with Gasteiger partial charge in [-0.15, -0.1) is 0 Å². The van der Waals surface area contributed by atoms with Gasteiger partial charge in [-0.05, 0) is 11.6 Å². The van der Waals surface area contributed by atoms with Gasteiger partial charge in [0.25, 0.3) is 5.69 Å². The number of benzene rings is 1. The van der Waals surface area contributed by atoms with E-state index >= 15 is 0 Å². The minimum atomic E-state index is -1.07. The first-order valence-corrected chi connectivity index (χ1v) is 5.01. The fraction of sp³-hybridized carbons (Fsp3) is 0.273. The number of esters is 1. The summed E-state index contributed by atoms with van der Waals surface area (Å²) in [5.41, 5.74) is 0.292. The fourth-order valence-corrected chi connectivity index (χ4v) is 1.37. The highest BCUT2D eigenvalue weighted by molar-refractivity contribution is 5.70. The Balaban J connectivity index is 3.00. The summed E-state index contributed by atoms with van der Waals surface area (Å²) in [7, 11) is 0. The molecule has 0 radical (unpaired) electrons. The lowest BCUT2D eigenvalue weighted by molar-refractivity contribution is -0.385. The van der Waals surface area contributed by atoms with Crippen molar-refractivity contribution in [1.82, 2.24) is 0 Å². The maximum Gasteiger partial charge on any atom is 0.307 e. The van der Waals surface area contributed by atoms with Crippen molar-refractivity contribution in [3.63, 3.8) is 0 Å². The van der Waals surface area contributed by atoms with Gasteiger partial charge < -0.3 is 9.84 Å². The van der Waals surface area contributed by atoms with Crippen molar-refractivity contribution in [2.24, 2.45) is 0 Å². The second kappa shape index (κ2) is 5.76. The molecular weight excluding hydrogens is 242 g/mol. The molecule has 18 heavy (non-hydrogen) atoms. The van der Waals surface area contributed by atoms with Gasteiger partial charge >= 0.3 is 11.9 Å². The lowest BCUT2D eigenvalue weighted by atomic mass is 10.1. The number of rotatable bonds is 5. The molecule has 0 heterocycles. The number of carboxylic acid groups (broad SMARTS) is 1. The first kappa shape index (κ1) is 13.6. The molecule has 1 aromatic rings. The summed E-state index contributed by atoms with van der Waals surface area (Å²) >= 11 is 0. The van der Waals surface area contributed by atoms with Crippen LogP contribution in [0.3, 0.4) is 0 Å². The number of hydrogen-bond acceptors (Lipinski definition) is 5. The Bertz CT molecular complexity index is 496. The summed E-state index contributed by atoms with van der Waals surface area (Å²) in [6, 6.07) is 4.02. The van der Waals surface area contributed by atoms with Crippen LogP contribution >= 0.6 is 0 Å². The molecule has 0 aliphatic rings. The van der Waals surface area contributed by atoms with Crippen LogP contribution in [-0.4, -0.2) is 22.0 Å². The lowest BCUT2D eigenvalue weighted by Crippen LogP contribution is -2.05. The molecule has 0 saturated carbocycles. The number of nitrogens with zero attached hydrogens (tertiary/aromatic N) is 1. The van der Waals surface area contributed by atoms with E-state index in [4.69, 9.17) is 5.11 Å². The first-order chi connectivity index (χ1) is 8.40. The summed E-state index contributed by atoms with van der Waals surface area (Å²) in [5, 5.41) is 19.4. The third-order valence-corrected chi connectivity index (χ3v) is 2.13. The highest BCUT2D eigenvalue weighted by atomic mass is 16.6. The summed E-state index contributed by atoms with van der Waals surface area (Å²) in [4.78, 5) is 31.3. The minimum absolute atomic E-state index is 0.209. The second-order valence-corrected chi connectivity index (χ2v) is 3.57. The largest absolute Gasteiger partial charge is 0.481 e. The Morgan fingerprint density at radius 2 is 2.11 bits per heavy atom. The molecule has 0 amide bonds. The monoisotopic (exact) mass is 253 g/mol. The highest BCUT2D eigenvalue weighted by Gasteiger charge is 2.16. The molecule has 0 bridgehead atoms. The van der Waals surface area contributed by atoms with E-state index < -0.39 is 16.9 Å². The van der Waals surface area contributed by atoms with Crippen molar-refractivity contribution >= 4 is 17.6 Å². The maximum atomic E-state index is 10.8. The predicted octanol–water partition coefficient (Wildman–Crippen LogP) is 1.28.